The van der Waals surface area contributed by atoms with Crippen LogP contribution in [0.15, 0.2) is 64.5 Å². The van der Waals surface area contributed by atoms with E-state index in [4.69, 9.17) is 9.47 Å². The van der Waals surface area contributed by atoms with Gasteiger partial charge in [0.2, 0.25) is 0 Å². The number of benzene rings is 1. The van der Waals surface area contributed by atoms with Crippen molar-refractivity contribution >= 4 is 28.6 Å². The Balaban J connectivity index is 2.09. The SMILES string of the molecule is CCCn1c(=NC(=O)c2ccccc2OCC)c(C(=O)OCC)cc2c(=O)n3ccccc3nc21. The number of esters is 1. The second-order valence-electron chi connectivity index (χ2n) is 7.68. The van der Waals surface area contributed by atoms with E-state index in [9.17, 15) is 14.4 Å². The number of carbonyl (C=O) groups is 2. The van der Waals surface area contributed by atoms with Gasteiger partial charge in [-0.2, -0.15) is 4.99 Å². The van der Waals surface area contributed by atoms with Crippen molar-refractivity contribution in [2.24, 2.45) is 4.99 Å². The van der Waals surface area contributed by atoms with Crippen LogP contribution in [0.25, 0.3) is 16.7 Å². The third kappa shape index (κ3) is 4.57. The molecule has 0 aliphatic heterocycles. The second kappa shape index (κ2) is 10.3. The Kier molecular flexibility index (Phi) is 7.05. The summed E-state index contributed by atoms with van der Waals surface area (Å²) in [6, 6.07) is 13.4. The lowest BCUT2D eigenvalue weighted by atomic mass is 10.1. The Morgan fingerprint density at radius 3 is 2.51 bits per heavy atom. The van der Waals surface area contributed by atoms with Crippen molar-refractivity contribution in [3.8, 4) is 5.75 Å². The van der Waals surface area contributed by atoms with Crippen molar-refractivity contribution in [2.45, 2.75) is 33.7 Å². The summed E-state index contributed by atoms with van der Waals surface area (Å²) in [7, 11) is 0. The molecular weight excluding hydrogens is 448 g/mol. The number of hydrogen-bond donors (Lipinski definition) is 0. The van der Waals surface area contributed by atoms with Crippen LogP contribution in [0.4, 0.5) is 0 Å². The largest absolute Gasteiger partial charge is 0.493 e. The molecule has 35 heavy (non-hydrogen) atoms. The minimum atomic E-state index is -0.679. The van der Waals surface area contributed by atoms with Crippen LogP contribution >= 0.6 is 0 Å². The predicted octanol–water partition coefficient (Wildman–Crippen LogP) is 3.38. The average molecular weight is 475 g/mol. The minimum Gasteiger partial charge on any atom is -0.493 e. The van der Waals surface area contributed by atoms with Gasteiger partial charge >= 0.3 is 5.97 Å². The average Bonchev–Trinajstić information content (AvgIpc) is 2.86. The molecule has 1 amide bonds. The molecule has 0 saturated carbocycles. The number of fused-ring (bicyclic) bond motifs is 2. The fourth-order valence-corrected chi connectivity index (χ4v) is 3.87. The third-order valence-corrected chi connectivity index (χ3v) is 5.36. The Hall–Kier alpha value is -4.27. The molecular formula is C26H26N4O5. The lowest BCUT2D eigenvalue weighted by Gasteiger charge is -2.14. The molecule has 0 aliphatic rings. The Labute approximate surface area is 201 Å². The summed E-state index contributed by atoms with van der Waals surface area (Å²) in [5, 5.41) is 0.228. The van der Waals surface area contributed by atoms with E-state index in [-0.39, 0.29) is 34.2 Å². The maximum atomic E-state index is 13.3. The van der Waals surface area contributed by atoms with Gasteiger partial charge in [0.05, 0.1) is 24.2 Å². The predicted molar refractivity (Wildman–Crippen MR) is 131 cm³/mol. The summed E-state index contributed by atoms with van der Waals surface area (Å²) in [6.07, 6.45) is 2.26. The first-order valence-electron chi connectivity index (χ1n) is 11.5. The van der Waals surface area contributed by atoms with Gasteiger partial charge in [0.25, 0.3) is 11.5 Å². The molecule has 3 aromatic heterocycles. The van der Waals surface area contributed by atoms with Crippen molar-refractivity contribution in [3.05, 3.63) is 81.7 Å². The highest BCUT2D eigenvalue weighted by molar-refractivity contribution is 5.99. The van der Waals surface area contributed by atoms with E-state index in [2.05, 4.69) is 9.98 Å². The van der Waals surface area contributed by atoms with Gasteiger partial charge in [-0.05, 0) is 50.6 Å². The van der Waals surface area contributed by atoms with Crippen molar-refractivity contribution < 1.29 is 19.1 Å². The first-order chi connectivity index (χ1) is 17.0. The molecule has 9 nitrogen and oxygen atoms in total. The van der Waals surface area contributed by atoms with Crippen LogP contribution in [-0.4, -0.2) is 39.0 Å². The number of rotatable bonds is 7. The molecule has 9 heteroatoms. The number of ether oxygens (including phenoxy) is 2. The van der Waals surface area contributed by atoms with Crippen LogP contribution in [0.5, 0.6) is 5.75 Å². The van der Waals surface area contributed by atoms with E-state index >= 15 is 0 Å². The molecule has 0 bridgehead atoms. The van der Waals surface area contributed by atoms with E-state index < -0.39 is 11.9 Å². The lowest BCUT2D eigenvalue weighted by Crippen LogP contribution is -2.32. The fourth-order valence-electron chi connectivity index (χ4n) is 3.87. The van der Waals surface area contributed by atoms with Gasteiger partial charge < -0.3 is 14.0 Å². The molecule has 0 N–H and O–H groups in total. The van der Waals surface area contributed by atoms with E-state index in [0.29, 0.717) is 36.6 Å². The first kappa shape index (κ1) is 23.9. The summed E-state index contributed by atoms with van der Waals surface area (Å²) in [6.45, 7) is 6.33. The van der Waals surface area contributed by atoms with Crippen LogP contribution in [-0.2, 0) is 11.3 Å². The zero-order valence-electron chi connectivity index (χ0n) is 19.9. The van der Waals surface area contributed by atoms with Crippen molar-refractivity contribution in [1.29, 1.82) is 0 Å². The van der Waals surface area contributed by atoms with Crippen LogP contribution in [0.2, 0.25) is 0 Å². The number of para-hydroxylation sites is 1. The van der Waals surface area contributed by atoms with Crippen LogP contribution in [0.1, 0.15) is 47.9 Å². The van der Waals surface area contributed by atoms with Gasteiger partial charge in [0, 0.05) is 12.7 Å². The summed E-state index contributed by atoms with van der Waals surface area (Å²) in [5.41, 5.74) is 0.809. The Bertz CT molecular complexity index is 1550. The number of aryl methyl sites for hydroxylation is 1. The van der Waals surface area contributed by atoms with E-state index in [1.54, 1.807) is 60.2 Å². The highest BCUT2D eigenvalue weighted by atomic mass is 16.5. The van der Waals surface area contributed by atoms with E-state index in [1.807, 2.05) is 13.8 Å². The topological polar surface area (TPSA) is 104 Å². The fraction of sp³-hybridized carbons (Fsp3) is 0.269. The number of carbonyl (C=O) groups excluding carboxylic acids is 2. The molecule has 3 heterocycles. The maximum Gasteiger partial charge on any atom is 0.341 e. The summed E-state index contributed by atoms with van der Waals surface area (Å²) < 4.78 is 13.9. The van der Waals surface area contributed by atoms with Crippen LogP contribution in [0, 0.1) is 0 Å². The molecule has 180 valence electrons. The lowest BCUT2D eigenvalue weighted by molar-refractivity contribution is 0.0523. The summed E-state index contributed by atoms with van der Waals surface area (Å²) in [5.74, 6) is -0.866. The highest BCUT2D eigenvalue weighted by Gasteiger charge is 2.20. The number of hydrogen-bond acceptors (Lipinski definition) is 6. The Morgan fingerprint density at radius 1 is 1.00 bits per heavy atom. The zero-order valence-corrected chi connectivity index (χ0v) is 19.9. The van der Waals surface area contributed by atoms with Crippen molar-refractivity contribution in [3.63, 3.8) is 0 Å². The summed E-state index contributed by atoms with van der Waals surface area (Å²) in [4.78, 5) is 48.6. The van der Waals surface area contributed by atoms with Gasteiger partial charge in [-0.25, -0.2) is 9.78 Å². The minimum absolute atomic E-state index is 0.0184. The third-order valence-electron chi connectivity index (χ3n) is 5.36. The van der Waals surface area contributed by atoms with Crippen LogP contribution < -0.4 is 15.8 Å². The zero-order chi connectivity index (χ0) is 24.9. The molecule has 1 aromatic carbocycles. The quantitative estimate of drug-likeness (QED) is 0.300. The molecule has 4 rings (SSSR count). The van der Waals surface area contributed by atoms with E-state index in [1.165, 1.54) is 10.5 Å². The Morgan fingerprint density at radius 2 is 1.77 bits per heavy atom. The van der Waals surface area contributed by atoms with Crippen LogP contribution in [0.3, 0.4) is 0 Å². The second-order valence-corrected chi connectivity index (χ2v) is 7.68. The molecule has 0 radical (unpaired) electrons. The standard InChI is InChI=1S/C26H26N4O5/c1-4-14-30-22-18(25(32)29-15-10-9-13-21(29)27-22)16-19(26(33)35-6-3)23(30)28-24(31)17-11-7-8-12-20(17)34-5-2/h7-13,15-16H,4-6,14H2,1-3H3. The molecule has 4 aromatic rings. The molecule has 0 spiro atoms. The maximum absolute atomic E-state index is 13.3. The van der Waals surface area contributed by atoms with Gasteiger partial charge in [0.1, 0.15) is 22.6 Å². The molecule has 0 atom stereocenters. The number of amides is 1. The smallest absolute Gasteiger partial charge is 0.341 e. The van der Waals surface area contributed by atoms with Gasteiger partial charge in [-0.15, -0.1) is 0 Å². The molecule has 0 unspecified atom stereocenters. The van der Waals surface area contributed by atoms with Gasteiger partial charge in [-0.1, -0.05) is 25.1 Å². The van der Waals surface area contributed by atoms with Gasteiger partial charge in [-0.3, -0.25) is 14.0 Å². The molecule has 0 aliphatic carbocycles. The summed E-state index contributed by atoms with van der Waals surface area (Å²) >= 11 is 0. The normalized spacial score (nSPS) is 11.7. The number of nitrogens with zero attached hydrogens (tertiary/aromatic N) is 4. The van der Waals surface area contributed by atoms with Crippen molar-refractivity contribution in [2.75, 3.05) is 13.2 Å². The monoisotopic (exact) mass is 474 g/mol. The van der Waals surface area contributed by atoms with Crippen molar-refractivity contribution in [1.82, 2.24) is 14.0 Å². The first-order valence-corrected chi connectivity index (χ1v) is 11.5. The molecule has 0 fully saturated rings. The number of pyridine rings is 2. The number of aromatic nitrogens is 3. The van der Waals surface area contributed by atoms with Gasteiger partial charge in [0.15, 0.2) is 5.49 Å². The van der Waals surface area contributed by atoms with E-state index in [0.717, 1.165) is 0 Å². The molecule has 0 saturated heterocycles. The highest BCUT2D eigenvalue weighted by Crippen LogP contribution is 2.19.